The van der Waals surface area contributed by atoms with Gasteiger partial charge >= 0.3 is 0 Å². The Hall–Kier alpha value is -0.260. The predicted molar refractivity (Wildman–Crippen MR) is 29.7 cm³/mol. The van der Waals surface area contributed by atoms with Crippen molar-refractivity contribution in [2.45, 2.75) is 20.3 Å². The Morgan fingerprint density at radius 1 is 2.33 bits per heavy atom. The first kappa shape index (κ1) is 2.84. The maximum absolute atomic E-state index is 7.37. The highest BCUT2D eigenvalue weighted by molar-refractivity contribution is 4.72. The molecule has 0 aliphatic carbocycles. The molecule has 0 heterocycles. The van der Waals surface area contributed by atoms with Gasteiger partial charge < -0.3 is 0 Å². The molecule has 0 aromatic heterocycles. The van der Waals surface area contributed by atoms with Crippen molar-refractivity contribution >= 4 is 0 Å². The molecule has 0 heteroatoms. The molecule has 0 aromatic rings. The molecule has 0 saturated heterocycles. The van der Waals surface area contributed by atoms with Gasteiger partial charge in [-0.25, -0.2) is 0 Å². The van der Waals surface area contributed by atoms with E-state index < -0.39 is 5.89 Å². The third kappa shape index (κ3) is 2.01. The van der Waals surface area contributed by atoms with Crippen LogP contribution in [-0.4, -0.2) is 0 Å². The van der Waals surface area contributed by atoms with E-state index in [1.165, 1.54) is 6.55 Å². The Labute approximate surface area is 42.7 Å². The summed E-state index contributed by atoms with van der Waals surface area (Å²) in [6, 6.07) is 0. The molecule has 0 amide bonds. The van der Waals surface area contributed by atoms with Gasteiger partial charge in [-0.05, 0) is 5.89 Å². The third-order valence-electron chi connectivity index (χ3n) is 0.842. The molecule has 0 fully saturated rings. The lowest BCUT2D eigenvalue weighted by atomic mass is 10.1. The van der Waals surface area contributed by atoms with Gasteiger partial charge in [-0.1, -0.05) is 26.3 Å². The van der Waals surface area contributed by atoms with Gasteiger partial charge in [0.15, 0.2) is 0 Å². The summed E-state index contributed by atoms with van der Waals surface area (Å²) < 4.78 is 14.0. The fourth-order valence-electron chi connectivity index (χ4n) is 0.118. The van der Waals surface area contributed by atoms with Gasteiger partial charge in [0.05, 0.1) is 1.37 Å². The van der Waals surface area contributed by atoms with Crippen LogP contribution in [-0.2, 0) is 0 Å². The first-order chi connectivity index (χ1) is 3.62. The summed E-state index contributed by atoms with van der Waals surface area (Å²) in [5.41, 5.74) is 0. The van der Waals surface area contributed by atoms with E-state index in [0.717, 1.165) is 6.42 Å². The fraction of sp³-hybridized carbons (Fsp3) is 0.667. The zero-order chi connectivity index (χ0) is 6.62. The Balaban J connectivity index is 3.71. The van der Waals surface area contributed by atoms with Gasteiger partial charge in [0.25, 0.3) is 0 Å². The van der Waals surface area contributed by atoms with Crippen molar-refractivity contribution in [1.82, 2.24) is 0 Å². The van der Waals surface area contributed by atoms with E-state index in [2.05, 4.69) is 0 Å². The molecule has 1 unspecified atom stereocenters. The number of allylic oxidation sites excluding steroid dienone is 1. The van der Waals surface area contributed by atoms with Crippen LogP contribution in [0.5, 0.6) is 0 Å². The maximum Gasteiger partial charge on any atom is 0.0535 e. The van der Waals surface area contributed by atoms with Crippen molar-refractivity contribution in [3.8, 4) is 0 Å². The van der Waals surface area contributed by atoms with Gasteiger partial charge in [0, 0.05) is 1.37 Å². The normalized spacial score (nSPS) is 25.7. The average Bonchev–Trinajstić information content (AvgIpc) is 1.67. The molecule has 0 aromatic carbocycles. The van der Waals surface area contributed by atoms with Crippen LogP contribution in [0, 0.1) is 5.89 Å². The Morgan fingerprint density at radius 2 is 3.00 bits per heavy atom. The van der Waals surface area contributed by atoms with Crippen LogP contribution in [0.3, 0.4) is 0 Å². The van der Waals surface area contributed by atoms with Crippen LogP contribution < -0.4 is 0 Å². The van der Waals surface area contributed by atoms with Crippen LogP contribution in [0.1, 0.15) is 23.0 Å². The summed E-state index contributed by atoms with van der Waals surface area (Å²) in [5.74, 6) is -0.526. The molecular weight excluding hydrogens is 72.1 g/mol. The highest BCUT2D eigenvalue weighted by atomic mass is 13.9. The van der Waals surface area contributed by atoms with Crippen molar-refractivity contribution in [3.63, 3.8) is 0 Å². The van der Waals surface area contributed by atoms with Crippen LogP contribution in [0.25, 0.3) is 0 Å². The quantitative estimate of drug-likeness (QED) is 0.452. The minimum atomic E-state index is -0.526. The third-order valence-corrected chi connectivity index (χ3v) is 0.842. The first-order valence-electron chi connectivity index (χ1n) is 3.26. The van der Waals surface area contributed by atoms with Crippen molar-refractivity contribution < 1.29 is 2.74 Å². The van der Waals surface area contributed by atoms with Gasteiger partial charge in [0.2, 0.25) is 0 Å². The predicted octanol–water partition coefficient (Wildman–Crippen LogP) is 2.22. The standard InChI is InChI=1S/C6H12/c1-4-6(3)5-2/h4,6H,1,5H2,2-3H3/i1D,6D/b4-1+. The summed E-state index contributed by atoms with van der Waals surface area (Å²) in [7, 11) is 0. The molecule has 0 saturated carbocycles. The zero-order valence-corrected chi connectivity index (χ0v) is 4.36. The summed E-state index contributed by atoms with van der Waals surface area (Å²) in [5, 5.41) is 0. The molecule has 0 rings (SSSR count). The molecule has 0 bridgehead atoms. The van der Waals surface area contributed by atoms with E-state index in [9.17, 15) is 0 Å². The molecule has 0 nitrogen and oxygen atoms in total. The Kier molecular flexibility index (Phi) is 1.40. The minimum absolute atomic E-state index is 0.526. The highest BCUT2D eigenvalue weighted by Crippen LogP contribution is 1.98. The molecule has 36 valence electrons. The minimum Gasteiger partial charge on any atom is -0.103 e. The number of hydrogen-bond acceptors (Lipinski definition) is 0. The van der Waals surface area contributed by atoms with Gasteiger partial charge in [-0.3, -0.25) is 0 Å². The summed E-state index contributed by atoms with van der Waals surface area (Å²) >= 11 is 0. The summed E-state index contributed by atoms with van der Waals surface area (Å²) in [6.07, 6.45) is 2.34. The van der Waals surface area contributed by atoms with Crippen molar-refractivity contribution in [2.24, 2.45) is 5.89 Å². The van der Waals surface area contributed by atoms with E-state index in [1.807, 2.05) is 6.92 Å². The Morgan fingerprint density at radius 3 is 3.17 bits per heavy atom. The highest BCUT2D eigenvalue weighted by Gasteiger charge is 1.84. The van der Waals surface area contributed by atoms with Gasteiger partial charge in [-0.15, -0.1) is 6.55 Å². The van der Waals surface area contributed by atoms with E-state index in [-0.39, 0.29) is 0 Å². The molecule has 0 spiro atoms. The van der Waals surface area contributed by atoms with Crippen LogP contribution >= 0.6 is 0 Å². The smallest absolute Gasteiger partial charge is 0.0535 e. The first-order valence-corrected chi connectivity index (χ1v) is 2.18. The topological polar surface area (TPSA) is 0 Å². The lowest BCUT2D eigenvalue weighted by Gasteiger charge is -1.93. The van der Waals surface area contributed by atoms with E-state index in [4.69, 9.17) is 2.74 Å². The number of hydrogen-bond donors (Lipinski definition) is 0. The lowest BCUT2D eigenvalue weighted by molar-refractivity contribution is 0.700. The molecule has 0 aliphatic heterocycles. The number of rotatable bonds is 2. The molecule has 6 heavy (non-hydrogen) atoms. The summed E-state index contributed by atoms with van der Waals surface area (Å²) in [4.78, 5) is 0. The van der Waals surface area contributed by atoms with Crippen LogP contribution in [0.15, 0.2) is 12.6 Å². The second-order valence-electron chi connectivity index (χ2n) is 1.37. The molecule has 1 atom stereocenters. The van der Waals surface area contributed by atoms with Crippen LogP contribution in [0.4, 0.5) is 0 Å². The summed E-state index contributed by atoms with van der Waals surface area (Å²) in [6.45, 7) is 4.90. The monoisotopic (exact) mass is 86.1 g/mol. The molecule has 0 N–H and O–H groups in total. The fourth-order valence-corrected chi connectivity index (χ4v) is 0.118. The van der Waals surface area contributed by atoms with Crippen molar-refractivity contribution in [1.29, 1.82) is 0 Å². The molecule has 0 radical (unpaired) electrons. The van der Waals surface area contributed by atoms with E-state index in [0.29, 0.717) is 0 Å². The second kappa shape index (κ2) is 2.95. The average molecular weight is 86.2 g/mol. The van der Waals surface area contributed by atoms with E-state index >= 15 is 0 Å². The molecule has 0 aliphatic rings. The lowest BCUT2D eigenvalue weighted by Crippen LogP contribution is -1.80. The molecular formula is C6H12. The second-order valence-corrected chi connectivity index (χ2v) is 1.37. The zero-order valence-electron chi connectivity index (χ0n) is 6.36. The largest absolute Gasteiger partial charge is 0.103 e. The van der Waals surface area contributed by atoms with Gasteiger partial charge in [0.1, 0.15) is 0 Å². The van der Waals surface area contributed by atoms with E-state index in [1.54, 1.807) is 13.0 Å². The Bertz CT molecular complexity index is 84.5. The van der Waals surface area contributed by atoms with Gasteiger partial charge in [-0.2, -0.15) is 0 Å². The van der Waals surface area contributed by atoms with Crippen molar-refractivity contribution in [2.75, 3.05) is 0 Å². The van der Waals surface area contributed by atoms with Crippen LogP contribution in [0.2, 0.25) is 0 Å². The SMILES string of the molecule is [2H]/C=C/C([2H])(C)CC. The van der Waals surface area contributed by atoms with Crippen molar-refractivity contribution in [3.05, 3.63) is 12.6 Å². The maximum atomic E-state index is 7.37.